The number of hydrogen-bond donors (Lipinski definition) is 0. The van der Waals surface area contributed by atoms with Crippen molar-refractivity contribution in [1.29, 1.82) is 0 Å². The fourth-order valence-electron chi connectivity index (χ4n) is 9.31. The van der Waals surface area contributed by atoms with Crippen molar-refractivity contribution in [1.82, 2.24) is 0 Å². The van der Waals surface area contributed by atoms with Crippen LogP contribution in [0.2, 0.25) is 0 Å². The summed E-state index contributed by atoms with van der Waals surface area (Å²) in [6.07, 6.45) is 94.9. The molecule has 87 heavy (non-hydrogen) atoms. The number of quaternary nitrogens is 1. The molecule has 0 bridgehead atoms. The fraction of sp³-hybridized carbons (Fsp3) is 0.654. The van der Waals surface area contributed by atoms with Gasteiger partial charge in [-0.05, 0) is 116 Å². The lowest BCUT2D eigenvalue weighted by molar-refractivity contribution is -0.870. The highest BCUT2D eigenvalue weighted by Crippen LogP contribution is 2.16. The molecule has 0 aliphatic carbocycles. The lowest BCUT2D eigenvalue weighted by atomic mass is 10.0. The summed E-state index contributed by atoms with van der Waals surface area (Å²) in [4.78, 5) is 37.5. The van der Waals surface area contributed by atoms with Crippen LogP contribution in [0.4, 0.5) is 0 Å². The molecule has 9 heteroatoms. The Morgan fingerprint density at radius 1 is 0.345 bits per heavy atom. The molecule has 0 aromatic carbocycles. The molecule has 0 aromatic heterocycles. The van der Waals surface area contributed by atoms with E-state index in [4.69, 9.17) is 18.9 Å². The summed E-state index contributed by atoms with van der Waals surface area (Å²) in [6, 6.07) is 0. The zero-order valence-electron chi connectivity index (χ0n) is 56.3. The molecule has 2 atom stereocenters. The number of carboxylic acids is 1. The van der Waals surface area contributed by atoms with E-state index in [9.17, 15) is 19.5 Å². The van der Waals surface area contributed by atoms with Gasteiger partial charge in [0, 0.05) is 12.8 Å². The van der Waals surface area contributed by atoms with Gasteiger partial charge in [-0.15, -0.1) is 0 Å². The number of aliphatic carboxylic acids is 1. The van der Waals surface area contributed by atoms with Crippen LogP contribution >= 0.6 is 0 Å². The van der Waals surface area contributed by atoms with E-state index in [1.807, 2.05) is 21.1 Å². The van der Waals surface area contributed by atoms with E-state index in [1.54, 1.807) is 0 Å². The van der Waals surface area contributed by atoms with E-state index in [1.165, 1.54) is 109 Å². The van der Waals surface area contributed by atoms with Crippen molar-refractivity contribution in [2.45, 2.75) is 283 Å². The molecule has 0 aliphatic heterocycles. The Hall–Kier alpha value is -4.83. The lowest BCUT2D eigenvalue weighted by Crippen LogP contribution is -2.44. The predicted octanol–water partition coefficient (Wildman–Crippen LogP) is 20.6. The Balaban J connectivity index is 4.14. The first kappa shape index (κ1) is 82.2. The van der Waals surface area contributed by atoms with Gasteiger partial charge >= 0.3 is 11.9 Å². The van der Waals surface area contributed by atoms with Gasteiger partial charge in [0.05, 0.1) is 40.3 Å². The Labute approximate surface area is 534 Å². The van der Waals surface area contributed by atoms with Gasteiger partial charge < -0.3 is 33.3 Å². The van der Waals surface area contributed by atoms with Crippen molar-refractivity contribution in [3.05, 3.63) is 146 Å². The van der Waals surface area contributed by atoms with E-state index in [0.717, 1.165) is 128 Å². The molecule has 0 amide bonds. The first-order valence-corrected chi connectivity index (χ1v) is 35.0. The largest absolute Gasteiger partial charge is 0.545 e. The second-order valence-corrected chi connectivity index (χ2v) is 24.1. The monoisotopic (exact) mass is 1210 g/mol. The first-order chi connectivity index (χ1) is 42.6. The number of hydrogen-bond acceptors (Lipinski definition) is 8. The van der Waals surface area contributed by atoms with Crippen LogP contribution in [0.1, 0.15) is 271 Å². The zero-order valence-corrected chi connectivity index (χ0v) is 56.3. The zero-order chi connectivity index (χ0) is 63.3. The van der Waals surface area contributed by atoms with Gasteiger partial charge in [0.25, 0.3) is 0 Å². The third-order valence-corrected chi connectivity index (χ3v) is 14.6. The molecule has 0 aliphatic rings. The van der Waals surface area contributed by atoms with Crippen LogP contribution in [-0.2, 0) is 33.3 Å². The summed E-state index contributed by atoms with van der Waals surface area (Å²) in [6.45, 7) is 4.52. The molecule has 0 aromatic rings. The SMILES string of the molecule is CC/C=C\C/C=C\C/C=C\C/C=C\C/C=C\C/C=C\C/C=C\CCCCCCCCCCCCCCCCCC(=O)OC(COC(=O)CCCCCCCCCCC/C=C\C/C=C\C/C=C\C/C=C\C/C=C\CC)COC(OCC[N+](C)(C)C)C(=O)[O-]. The highest BCUT2D eigenvalue weighted by Gasteiger charge is 2.22. The number of nitrogens with zero attached hydrogens (tertiary/aromatic N) is 1. The summed E-state index contributed by atoms with van der Waals surface area (Å²) in [7, 11) is 5.92. The van der Waals surface area contributed by atoms with E-state index in [0.29, 0.717) is 17.4 Å². The van der Waals surface area contributed by atoms with Crippen LogP contribution in [0.3, 0.4) is 0 Å². The molecule has 0 saturated heterocycles. The molecule has 2 unspecified atom stereocenters. The van der Waals surface area contributed by atoms with Gasteiger partial charge in [-0.3, -0.25) is 9.59 Å². The van der Waals surface area contributed by atoms with Crippen molar-refractivity contribution in [3.8, 4) is 0 Å². The van der Waals surface area contributed by atoms with Gasteiger partial charge in [0.1, 0.15) is 13.2 Å². The van der Waals surface area contributed by atoms with Gasteiger partial charge in [0.2, 0.25) is 0 Å². The molecule has 494 valence electrons. The highest BCUT2D eigenvalue weighted by molar-refractivity contribution is 5.70. The molecule has 0 radical (unpaired) electrons. The summed E-state index contributed by atoms with van der Waals surface area (Å²) in [5.74, 6) is -2.30. The smallest absolute Gasteiger partial charge is 0.306 e. The summed E-state index contributed by atoms with van der Waals surface area (Å²) in [5.41, 5.74) is 0. The number of rotatable bonds is 63. The third kappa shape index (κ3) is 68.5. The highest BCUT2D eigenvalue weighted by atomic mass is 16.7. The second-order valence-electron chi connectivity index (χ2n) is 24.1. The summed E-state index contributed by atoms with van der Waals surface area (Å²) < 4.78 is 22.8. The van der Waals surface area contributed by atoms with Gasteiger partial charge in [0.15, 0.2) is 12.4 Å². The van der Waals surface area contributed by atoms with Crippen molar-refractivity contribution >= 4 is 17.9 Å². The van der Waals surface area contributed by atoms with Crippen LogP contribution in [0, 0.1) is 0 Å². The fourth-order valence-corrected chi connectivity index (χ4v) is 9.31. The maximum absolute atomic E-state index is 12.9. The van der Waals surface area contributed by atoms with Crippen molar-refractivity contribution < 1.29 is 42.9 Å². The van der Waals surface area contributed by atoms with Crippen molar-refractivity contribution in [3.63, 3.8) is 0 Å². The quantitative estimate of drug-likeness (QED) is 0.0195. The van der Waals surface area contributed by atoms with Crippen molar-refractivity contribution in [2.24, 2.45) is 0 Å². The average Bonchev–Trinajstić information content (AvgIpc) is 3.57. The number of allylic oxidation sites excluding steroid dienone is 24. The minimum Gasteiger partial charge on any atom is -0.545 e. The van der Waals surface area contributed by atoms with Crippen LogP contribution < -0.4 is 5.11 Å². The molecular weight excluding hydrogens is 1080 g/mol. The van der Waals surface area contributed by atoms with E-state index in [-0.39, 0.29) is 38.6 Å². The maximum atomic E-state index is 12.9. The minimum atomic E-state index is -1.63. The number of carbonyl (C=O) groups excluding carboxylic acids is 3. The third-order valence-electron chi connectivity index (χ3n) is 14.6. The Morgan fingerprint density at radius 3 is 0.920 bits per heavy atom. The maximum Gasteiger partial charge on any atom is 0.306 e. The molecule has 0 spiro atoms. The number of carboxylic acid groups (broad SMARTS) is 1. The number of likely N-dealkylation sites (N-methyl/N-ethyl adjacent to an activating group) is 1. The average molecular weight is 1210 g/mol. The van der Waals surface area contributed by atoms with Crippen LogP contribution in [0.15, 0.2) is 146 Å². The topological polar surface area (TPSA) is 111 Å². The molecule has 0 saturated carbocycles. The second kappa shape index (κ2) is 67.1. The number of carbonyl (C=O) groups is 3. The molecule has 0 fully saturated rings. The molecular formula is C78H129NO8. The van der Waals surface area contributed by atoms with E-state index in [2.05, 4.69) is 160 Å². The van der Waals surface area contributed by atoms with Crippen LogP contribution in [0.25, 0.3) is 0 Å². The van der Waals surface area contributed by atoms with E-state index >= 15 is 0 Å². The number of unbranched alkanes of at least 4 members (excludes halogenated alkanes) is 24. The van der Waals surface area contributed by atoms with E-state index < -0.39 is 24.3 Å². The molecule has 9 nitrogen and oxygen atoms in total. The predicted molar refractivity (Wildman–Crippen MR) is 370 cm³/mol. The first-order valence-electron chi connectivity index (χ1n) is 35.0. The minimum absolute atomic E-state index is 0.141. The van der Waals surface area contributed by atoms with Crippen LogP contribution in [-0.4, -0.2) is 82.3 Å². The summed E-state index contributed by atoms with van der Waals surface area (Å²) >= 11 is 0. The van der Waals surface area contributed by atoms with Gasteiger partial charge in [-0.25, -0.2) is 0 Å². The lowest BCUT2D eigenvalue weighted by Gasteiger charge is -2.26. The normalized spacial score (nSPS) is 13.6. The molecule has 0 rings (SSSR count). The Bertz CT molecular complexity index is 1940. The summed E-state index contributed by atoms with van der Waals surface area (Å²) in [5, 5.41) is 11.8. The Kier molecular flexibility index (Phi) is 63.4. The standard InChI is InChI=1S/C78H129NO8/c1-6-8-10-12-14-16-18-20-22-24-26-28-30-32-33-34-35-36-37-38-39-40-41-42-43-45-47-49-51-53-55-57-59-61-63-65-67-69-76(81)87-74(73-86-78(77(82)83)84-71-70-79(3,4)5)72-85-75(80)68-66-64-62-60-58-56-54-52-50-48-46-44-31-29-27-25-23-21-19-17-15-13-11-9-7-2/h8-11,14-17,20-23,26-29,32-33,35-36,38-39,44,46,74,78H,6-7,12-13,18-19,24-25,30-31,34,37,40-43,45,47-73H2,1-5H3/b10-8-,11-9-,16-14-,17-15-,22-20-,23-21-,28-26-,29-27-,33-32-,36-35-,39-38-,46-44-. The number of esters is 2. The molecule has 0 N–H and O–H groups in total. The molecule has 0 heterocycles. The Morgan fingerprint density at radius 2 is 0.621 bits per heavy atom. The van der Waals surface area contributed by atoms with Crippen molar-refractivity contribution in [2.75, 3.05) is 47.5 Å². The van der Waals surface area contributed by atoms with Crippen LogP contribution in [0.5, 0.6) is 0 Å². The number of ether oxygens (including phenoxy) is 4. The van der Waals surface area contributed by atoms with Gasteiger partial charge in [-0.2, -0.15) is 0 Å². The van der Waals surface area contributed by atoms with Gasteiger partial charge in [-0.1, -0.05) is 288 Å².